The van der Waals surface area contributed by atoms with E-state index in [2.05, 4.69) is 13.8 Å². The number of Topliss-reactive ketones (excluding diaryl/α,β-unsaturated/α-hetero) is 1. The lowest BCUT2D eigenvalue weighted by atomic mass is 9.71. The van der Waals surface area contributed by atoms with E-state index < -0.39 is 0 Å². The van der Waals surface area contributed by atoms with E-state index >= 15 is 0 Å². The first-order valence-electron chi connectivity index (χ1n) is 5.63. The van der Waals surface area contributed by atoms with E-state index in [1.165, 1.54) is 0 Å². The first-order valence-corrected chi connectivity index (χ1v) is 5.63. The lowest BCUT2D eigenvalue weighted by Gasteiger charge is -2.32. The van der Waals surface area contributed by atoms with E-state index in [0.29, 0.717) is 13.0 Å². The molecule has 3 heteroatoms. The molecule has 15 heavy (non-hydrogen) atoms. The van der Waals surface area contributed by atoms with Crippen LogP contribution in [0.25, 0.3) is 0 Å². The monoisotopic (exact) mass is 212 g/mol. The fourth-order valence-corrected chi connectivity index (χ4v) is 2.07. The smallest absolute Gasteiger partial charge is 0.306 e. The van der Waals surface area contributed by atoms with Crippen molar-refractivity contribution in [3.63, 3.8) is 0 Å². The van der Waals surface area contributed by atoms with Gasteiger partial charge in [-0.15, -0.1) is 0 Å². The summed E-state index contributed by atoms with van der Waals surface area (Å²) in [5.41, 5.74) is 0.113. The Bertz CT molecular complexity index is 256. The summed E-state index contributed by atoms with van der Waals surface area (Å²) in [6.07, 6.45) is 2.70. The molecule has 0 heterocycles. The van der Waals surface area contributed by atoms with Crippen LogP contribution in [0.3, 0.4) is 0 Å². The summed E-state index contributed by atoms with van der Waals surface area (Å²) >= 11 is 0. The van der Waals surface area contributed by atoms with Gasteiger partial charge in [-0.1, -0.05) is 13.8 Å². The van der Waals surface area contributed by atoms with Crippen molar-refractivity contribution in [3.8, 4) is 0 Å². The van der Waals surface area contributed by atoms with Crippen molar-refractivity contribution in [2.75, 3.05) is 6.61 Å². The van der Waals surface area contributed by atoms with Gasteiger partial charge in [-0.2, -0.15) is 0 Å². The second kappa shape index (κ2) is 4.77. The average molecular weight is 212 g/mol. The van der Waals surface area contributed by atoms with Gasteiger partial charge in [0.1, 0.15) is 5.78 Å². The van der Waals surface area contributed by atoms with Crippen molar-refractivity contribution in [1.29, 1.82) is 0 Å². The van der Waals surface area contributed by atoms with Crippen LogP contribution >= 0.6 is 0 Å². The largest absolute Gasteiger partial charge is 0.466 e. The predicted molar refractivity (Wildman–Crippen MR) is 57.4 cm³/mol. The van der Waals surface area contributed by atoms with E-state index in [9.17, 15) is 9.59 Å². The predicted octanol–water partition coefficient (Wildman–Crippen LogP) is 2.33. The molecule has 86 valence electrons. The Kier molecular flexibility index (Phi) is 3.89. The zero-order valence-corrected chi connectivity index (χ0v) is 9.84. The van der Waals surface area contributed by atoms with Gasteiger partial charge in [-0.25, -0.2) is 0 Å². The van der Waals surface area contributed by atoms with E-state index in [4.69, 9.17) is 4.74 Å². The van der Waals surface area contributed by atoms with Gasteiger partial charge in [0.05, 0.1) is 13.0 Å². The molecule has 3 nitrogen and oxygen atoms in total. The Balaban J connectivity index is 2.45. The van der Waals surface area contributed by atoms with Gasteiger partial charge in [0, 0.05) is 12.3 Å². The van der Waals surface area contributed by atoms with Crippen LogP contribution in [0.15, 0.2) is 0 Å². The molecular weight excluding hydrogens is 192 g/mol. The molecule has 0 aliphatic heterocycles. The van der Waals surface area contributed by atoms with Crippen LogP contribution in [-0.4, -0.2) is 18.4 Å². The van der Waals surface area contributed by atoms with E-state index in [1.807, 2.05) is 0 Å². The molecule has 1 fully saturated rings. The molecule has 1 saturated carbocycles. The van der Waals surface area contributed by atoms with Crippen LogP contribution < -0.4 is 0 Å². The van der Waals surface area contributed by atoms with Crippen molar-refractivity contribution >= 4 is 11.8 Å². The lowest BCUT2D eigenvalue weighted by molar-refractivity contribution is -0.147. The molecule has 1 unspecified atom stereocenters. The third-order valence-corrected chi connectivity index (χ3v) is 3.00. The minimum Gasteiger partial charge on any atom is -0.466 e. The maximum absolute atomic E-state index is 11.7. The summed E-state index contributed by atoms with van der Waals surface area (Å²) in [6, 6.07) is 0. The Morgan fingerprint density at radius 2 is 2.20 bits per heavy atom. The minimum atomic E-state index is -0.240. The van der Waals surface area contributed by atoms with Crippen LogP contribution in [0.1, 0.15) is 46.5 Å². The summed E-state index contributed by atoms with van der Waals surface area (Å²) in [6.45, 7) is 6.38. The van der Waals surface area contributed by atoms with Gasteiger partial charge in [0.25, 0.3) is 0 Å². The molecule has 1 atom stereocenters. The third kappa shape index (κ3) is 3.65. The number of ether oxygens (including phenoxy) is 1. The number of hydrogen-bond acceptors (Lipinski definition) is 3. The molecular formula is C12H20O3. The van der Waals surface area contributed by atoms with Gasteiger partial charge in [0.15, 0.2) is 0 Å². The maximum Gasteiger partial charge on any atom is 0.306 e. The second-order valence-corrected chi connectivity index (χ2v) is 5.05. The zero-order chi connectivity index (χ0) is 11.5. The van der Waals surface area contributed by atoms with Crippen molar-refractivity contribution < 1.29 is 14.3 Å². The number of carbonyl (C=O) groups excluding carboxylic acids is 2. The fraction of sp³-hybridized carbons (Fsp3) is 0.833. The summed E-state index contributed by atoms with van der Waals surface area (Å²) in [4.78, 5) is 23.0. The molecule has 1 rings (SSSR count). The average Bonchev–Trinajstić information content (AvgIpc) is 2.10. The molecule has 1 aliphatic carbocycles. The van der Waals surface area contributed by atoms with Crippen LogP contribution in [-0.2, 0) is 14.3 Å². The molecule has 0 bridgehead atoms. The molecule has 0 radical (unpaired) electrons. The normalized spacial score (nSPS) is 25.0. The SMILES string of the molecule is CCOC(=O)CC1CCC(C)(C)CC1=O. The second-order valence-electron chi connectivity index (χ2n) is 5.05. The molecule has 0 aromatic heterocycles. The van der Waals surface area contributed by atoms with Crippen LogP contribution in [0.5, 0.6) is 0 Å². The highest BCUT2D eigenvalue weighted by Gasteiger charge is 2.34. The third-order valence-electron chi connectivity index (χ3n) is 3.00. The highest BCUT2D eigenvalue weighted by molar-refractivity contribution is 5.86. The first-order chi connectivity index (χ1) is 6.94. The standard InChI is InChI=1S/C12H20O3/c1-4-15-11(14)7-9-5-6-12(2,3)8-10(9)13/h9H,4-8H2,1-3H3. The Labute approximate surface area is 91.2 Å². The van der Waals surface area contributed by atoms with Crippen LogP contribution in [0, 0.1) is 11.3 Å². The number of rotatable bonds is 3. The zero-order valence-electron chi connectivity index (χ0n) is 9.84. The highest BCUT2D eigenvalue weighted by atomic mass is 16.5. The van der Waals surface area contributed by atoms with Crippen LogP contribution in [0.2, 0.25) is 0 Å². The molecule has 0 aromatic rings. The Hall–Kier alpha value is -0.860. The van der Waals surface area contributed by atoms with Gasteiger partial charge >= 0.3 is 5.97 Å². The van der Waals surface area contributed by atoms with E-state index in [-0.39, 0.29) is 29.5 Å². The van der Waals surface area contributed by atoms with Crippen LogP contribution in [0.4, 0.5) is 0 Å². The van der Waals surface area contributed by atoms with Crippen molar-refractivity contribution in [2.24, 2.45) is 11.3 Å². The fourth-order valence-electron chi connectivity index (χ4n) is 2.07. The summed E-state index contributed by atoms with van der Waals surface area (Å²) in [5, 5.41) is 0. The molecule has 0 saturated heterocycles. The molecule has 0 aromatic carbocycles. The van der Waals surface area contributed by atoms with Gasteiger partial charge in [-0.3, -0.25) is 9.59 Å². The lowest BCUT2D eigenvalue weighted by Crippen LogP contribution is -2.31. The topological polar surface area (TPSA) is 43.4 Å². The van der Waals surface area contributed by atoms with Crippen molar-refractivity contribution in [1.82, 2.24) is 0 Å². The van der Waals surface area contributed by atoms with E-state index in [1.54, 1.807) is 6.92 Å². The molecule has 0 spiro atoms. The van der Waals surface area contributed by atoms with Gasteiger partial charge in [-0.05, 0) is 25.2 Å². The molecule has 1 aliphatic rings. The molecule has 0 N–H and O–H groups in total. The first kappa shape index (κ1) is 12.2. The maximum atomic E-state index is 11.7. The Morgan fingerprint density at radius 3 is 2.73 bits per heavy atom. The number of carbonyl (C=O) groups is 2. The quantitative estimate of drug-likeness (QED) is 0.674. The van der Waals surface area contributed by atoms with Gasteiger partial charge in [0.2, 0.25) is 0 Å². The van der Waals surface area contributed by atoms with Crippen molar-refractivity contribution in [3.05, 3.63) is 0 Å². The number of esters is 1. The Morgan fingerprint density at radius 1 is 1.53 bits per heavy atom. The molecule has 0 amide bonds. The highest BCUT2D eigenvalue weighted by Crippen LogP contribution is 2.37. The number of hydrogen-bond donors (Lipinski definition) is 0. The summed E-state index contributed by atoms with van der Waals surface area (Å²) < 4.78 is 4.85. The number of ketones is 1. The van der Waals surface area contributed by atoms with Crippen molar-refractivity contribution in [2.45, 2.75) is 46.5 Å². The summed E-state index contributed by atoms with van der Waals surface area (Å²) in [5.74, 6) is -0.119. The van der Waals surface area contributed by atoms with Gasteiger partial charge < -0.3 is 4.74 Å². The van der Waals surface area contributed by atoms with E-state index in [0.717, 1.165) is 12.8 Å². The minimum absolute atomic E-state index is 0.0999. The summed E-state index contributed by atoms with van der Waals surface area (Å²) in [7, 11) is 0.